The molecule has 5 nitrogen and oxygen atoms in total. The fraction of sp³-hybridized carbons (Fsp3) is 0.632. The van der Waals surface area contributed by atoms with E-state index in [4.69, 9.17) is 4.74 Å². The number of rotatable bonds is 5. The molecule has 0 aromatic heterocycles. The van der Waals surface area contributed by atoms with Crippen LogP contribution in [0.5, 0.6) is 0 Å². The van der Waals surface area contributed by atoms with Crippen molar-refractivity contribution in [3.05, 3.63) is 35.9 Å². The summed E-state index contributed by atoms with van der Waals surface area (Å²) in [4.78, 5) is 14.3. The van der Waals surface area contributed by atoms with Gasteiger partial charge in [-0.05, 0) is 31.2 Å². The summed E-state index contributed by atoms with van der Waals surface area (Å²) < 4.78 is 5.59. The normalized spacial score (nSPS) is 23.0. The molecular weight excluding hydrogens is 304 g/mol. The van der Waals surface area contributed by atoms with Crippen molar-refractivity contribution in [3.63, 3.8) is 0 Å². The molecule has 1 heterocycles. The molecule has 1 aliphatic heterocycles. The quantitative estimate of drug-likeness (QED) is 0.870. The summed E-state index contributed by atoms with van der Waals surface area (Å²) in [6, 6.07) is 10.3. The third-order valence-electron chi connectivity index (χ3n) is 4.56. The number of ether oxygens (including phenoxy) is 1. The summed E-state index contributed by atoms with van der Waals surface area (Å²) in [5.41, 5.74) is 1.26. The van der Waals surface area contributed by atoms with E-state index in [1.54, 1.807) is 4.90 Å². The van der Waals surface area contributed by atoms with Crippen LogP contribution < -0.4 is 5.32 Å². The number of hydrogen-bond donors (Lipinski definition) is 2. The maximum atomic E-state index is 12.5. The van der Waals surface area contributed by atoms with Crippen molar-refractivity contribution in [2.45, 2.75) is 57.8 Å². The third-order valence-corrected chi connectivity index (χ3v) is 4.56. The fourth-order valence-corrected chi connectivity index (χ4v) is 3.44. The van der Waals surface area contributed by atoms with Crippen LogP contribution in [0.3, 0.4) is 0 Å². The molecular formula is C19H30N2O3. The van der Waals surface area contributed by atoms with Crippen LogP contribution in [0.2, 0.25) is 0 Å². The number of amides is 2. The molecule has 0 radical (unpaired) electrons. The van der Waals surface area contributed by atoms with E-state index in [1.165, 1.54) is 5.56 Å². The molecule has 1 aromatic rings. The molecule has 0 aliphatic carbocycles. The molecule has 0 saturated carbocycles. The first kappa shape index (κ1) is 18.7. The number of carbonyl (C=O) groups excluding carboxylic acids is 1. The van der Waals surface area contributed by atoms with Gasteiger partial charge in [0.1, 0.15) is 0 Å². The summed E-state index contributed by atoms with van der Waals surface area (Å²) in [6.45, 7) is 9.27. The van der Waals surface area contributed by atoms with E-state index in [9.17, 15) is 9.90 Å². The molecule has 3 unspecified atom stereocenters. The van der Waals surface area contributed by atoms with Gasteiger partial charge in [0.2, 0.25) is 0 Å². The van der Waals surface area contributed by atoms with Crippen molar-refractivity contribution in [2.75, 3.05) is 19.7 Å². The monoisotopic (exact) mass is 334 g/mol. The maximum absolute atomic E-state index is 12.5. The second-order valence-electron chi connectivity index (χ2n) is 7.46. The Hall–Kier alpha value is -1.59. The fourth-order valence-electron chi connectivity index (χ4n) is 3.44. The van der Waals surface area contributed by atoms with Crippen molar-refractivity contribution in [2.24, 2.45) is 0 Å². The lowest BCUT2D eigenvalue weighted by atomic mass is 9.79. The molecule has 134 valence electrons. The highest BCUT2D eigenvalue weighted by Crippen LogP contribution is 2.28. The van der Waals surface area contributed by atoms with Crippen molar-refractivity contribution >= 4 is 6.03 Å². The predicted molar refractivity (Wildman–Crippen MR) is 95.1 cm³/mol. The zero-order chi connectivity index (χ0) is 17.7. The van der Waals surface area contributed by atoms with Crippen LogP contribution in [0.1, 0.15) is 39.7 Å². The molecule has 1 fully saturated rings. The van der Waals surface area contributed by atoms with Gasteiger partial charge in [-0.15, -0.1) is 0 Å². The minimum Gasteiger partial charge on any atom is -0.394 e. The molecule has 1 saturated heterocycles. The largest absolute Gasteiger partial charge is 0.394 e. The van der Waals surface area contributed by atoms with Gasteiger partial charge >= 0.3 is 6.03 Å². The van der Waals surface area contributed by atoms with Crippen molar-refractivity contribution < 1.29 is 14.6 Å². The number of morpholine rings is 1. The number of nitrogens with one attached hydrogen (secondary N) is 1. The van der Waals surface area contributed by atoms with E-state index in [0.717, 1.165) is 6.42 Å². The standard InChI is InChI=1S/C19H30N2O3/c1-14(10-19(3,4)16-8-6-5-7-9-16)20-18(23)21-11-15(2)24-17(12-21)13-22/h5-9,14-15,17,22H,10-13H2,1-4H3,(H,20,23). The lowest BCUT2D eigenvalue weighted by Crippen LogP contribution is -2.54. The molecule has 2 amide bonds. The van der Waals surface area contributed by atoms with Crippen LogP contribution in [0.4, 0.5) is 4.79 Å². The van der Waals surface area contributed by atoms with Gasteiger partial charge in [0.05, 0.1) is 25.4 Å². The van der Waals surface area contributed by atoms with Crippen molar-refractivity contribution in [1.82, 2.24) is 10.2 Å². The molecule has 2 rings (SSSR count). The highest BCUT2D eigenvalue weighted by Gasteiger charge is 2.30. The zero-order valence-electron chi connectivity index (χ0n) is 15.2. The van der Waals surface area contributed by atoms with E-state index < -0.39 is 0 Å². The summed E-state index contributed by atoms with van der Waals surface area (Å²) in [7, 11) is 0. The molecule has 1 aliphatic rings. The van der Waals surface area contributed by atoms with Gasteiger partial charge in [0, 0.05) is 12.6 Å². The van der Waals surface area contributed by atoms with Gasteiger partial charge in [-0.25, -0.2) is 4.79 Å². The maximum Gasteiger partial charge on any atom is 0.317 e. The van der Waals surface area contributed by atoms with E-state index in [2.05, 4.69) is 31.3 Å². The van der Waals surface area contributed by atoms with Gasteiger partial charge in [0.15, 0.2) is 0 Å². The summed E-state index contributed by atoms with van der Waals surface area (Å²) in [5, 5.41) is 12.4. The van der Waals surface area contributed by atoms with E-state index in [1.807, 2.05) is 32.0 Å². The van der Waals surface area contributed by atoms with Gasteiger partial charge in [-0.3, -0.25) is 0 Å². The lowest BCUT2D eigenvalue weighted by Gasteiger charge is -2.37. The Bertz CT molecular complexity index is 533. The average molecular weight is 334 g/mol. The van der Waals surface area contributed by atoms with Crippen LogP contribution in [0.15, 0.2) is 30.3 Å². The number of carbonyl (C=O) groups is 1. The van der Waals surface area contributed by atoms with Gasteiger partial charge in [-0.2, -0.15) is 0 Å². The SMILES string of the molecule is CC(CC(C)(C)c1ccccc1)NC(=O)N1CC(C)OC(CO)C1. The Morgan fingerprint density at radius 2 is 2.04 bits per heavy atom. The van der Waals surface area contributed by atoms with Gasteiger partial charge < -0.3 is 20.1 Å². The second-order valence-corrected chi connectivity index (χ2v) is 7.46. The summed E-state index contributed by atoms with van der Waals surface area (Å²) >= 11 is 0. The molecule has 24 heavy (non-hydrogen) atoms. The van der Waals surface area contributed by atoms with Crippen LogP contribution >= 0.6 is 0 Å². The summed E-state index contributed by atoms with van der Waals surface area (Å²) in [6.07, 6.45) is 0.500. The average Bonchev–Trinajstić information content (AvgIpc) is 2.54. The highest BCUT2D eigenvalue weighted by molar-refractivity contribution is 5.74. The van der Waals surface area contributed by atoms with Crippen LogP contribution in [0, 0.1) is 0 Å². The lowest BCUT2D eigenvalue weighted by molar-refractivity contribution is -0.0835. The van der Waals surface area contributed by atoms with Crippen molar-refractivity contribution in [1.29, 1.82) is 0 Å². The van der Waals surface area contributed by atoms with E-state index >= 15 is 0 Å². The minimum atomic E-state index is -0.296. The first-order valence-corrected chi connectivity index (χ1v) is 8.69. The molecule has 5 heteroatoms. The summed E-state index contributed by atoms with van der Waals surface area (Å²) in [5.74, 6) is 0. The number of hydrogen-bond acceptors (Lipinski definition) is 3. The van der Waals surface area contributed by atoms with Crippen molar-refractivity contribution in [3.8, 4) is 0 Å². The smallest absolute Gasteiger partial charge is 0.317 e. The highest BCUT2D eigenvalue weighted by atomic mass is 16.5. The number of aliphatic hydroxyl groups is 1. The van der Waals surface area contributed by atoms with E-state index in [0.29, 0.717) is 13.1 Å². The third kappa shape index (κ3) is 4.95. The topological polar surface area (TPSA) is 61.8 Å². The number of aliphatic hydroxyl groups excluding tert-OH is 1. The van der Waals surface area contributed by atoms with E-state index in [-0.39, 0.29) is 36.3 Å². The van der Waals surface area contributed by atoms with Crippen LogP contribution in [-0.4, -0.2) is 54.0 Å². The predicted octanol–water partition coefficient (Wildman–Crippen LogP) is 2.53. The zero-order valence-corrected chi connectivity index (χ0v) is 15.2. The minimum absolute atomic E-state index is 0.0140. The molecule has 0 bridgehead atoms. The van der Waals surface area contributed by atoms with Crippen LogP contribution in [0.25, 0.3) is 0 Å². The Kier molecular flexibility index (Phi) is 6.24. The Balaban J connectivity index is 1.91. The first-order valence-electron chi connectivity index (χ1n) is 8.69. The van der Waals surface area contributed by atoms with Crippen LogP contribution in [-0.2, 0) is 10.2 Å². The Morgan fingerprint density at radius 1 is 1.38 bits per heavy atom. The second kappa shape index (κ2) is 7.99. The Labute approximate surface area is 145 Å². The molecule has 2 N–H and O–H groups in total. The number of urea groups is 1. The van der Waals surface area contributed by atoms with Gasteiger partial charge in [0.25, 0.3) is 0 Å². The Morgan fingerprint density at radius 3 is 2.67 bits per heavy atom. The molecule has 1 aromatic carbocycles. The number of nitrogens with zero attached hydrogens (tertiary/aromatic N) is 1. The van der Waals surface area contributed by atoms with Gasteiger partial charge in [-0.1, -0.05) is 44.2 Å². The molecule has 0 spiro atoms. The molecule has 3 atom stereocenters. The first-order chi connectivity index (χ1) is 11.3. The number of benzene rings is 1.